The van der Waals surface area contributed by atoms with Crippen LogP contribution in [-0.4, -0.2) is 31.5 Å². The Balaban J connectivity index is 2.68. The molecule has 0 saturated carbocycles. The van der Waals surface area contributed by atoms with Gasteiger partial charge in [-0.25, -0.2) is 0 Å². The van der Waals surface area contributed by atoms with Crippen molar-refractivity contribution in [3.63, 3.8) is 0 Å². The number of halogens is 2. The highest BCUT2D eigenvalue weighted by molar-refractivity contribution is 6.35. The van der Waals surface area contributed by atoms with E-state index in [-0.39, 0.29) is 12.5 Å². The van der Waals surface area contributed by atoms with E-state index in [1.54, 1.807) is 31.1 Å². The van der Waals surface area contributed by atoms with Gasteiger partial charge < -0.3 is 4.74 Å². The van der Waals surface area contributed by atoms with E-state index in [0.29, 0.717) is 15.8 Å². The smallest absolute Gasteiger partial charge is 0.325 e. The quantitative estimate of drug-likeness (QED) is 0.607. The van der Waals surface area contributed by atoms with Crippen LogP contribution in [0.2, 0.25) is 10.0 Å². The number of nitrogens with zero attached hydrogens (tertiary/aromatic N) is 1. The Bertz CT molecular complexity index is 366. The summed E-state index contributed by atoms with van der Waals surface area (Å²) in [6.07, 6.45) is 0. The first-order valence-electron chi connectivity index (χ1n) is 4.29. The van der Waals surface area contributed by atoms with Gasteiger partial charge in [-0.3, -0.25) is 9.69 Å². The van der Waals surface area contributed by atoms with Gasteiger partial charge in [0.05, 0.1) is 11.6 Å². The molecule has 0 radical (unpaired) electrons. The SMILES string of the molecule is CN(C)CC(=O)Oc1ccc(Cl)cc1Cl. The molecule has 0 atom stereocenters. The van der Waals surface area contributed by atoms with E-state index in [0.717, 1.165) is 0 Å². The Hall–Kier alpha value is -0.770. The van der Waals surface area contributed by atoms with E-state index < -0.39 is 0 Å². The summed E-state index contributed by atoms with van der Waals surface area (Å²) in [6.45, 7) is 0.207. The van der Waals surface area contributed by atoms with Gasteiger partial charge in [0, 0.05) is 5.02 Å². The minimum Gasteiger partial charge on any atom is -0.424 e. The summed E-state index contributed by atoms with van der Waals surface area (Å²) >= 11 is 11.5. The Labute approximate surface area is 98.5 Å². The molecule has 0 aromatic heterocycles. The molecule has 0 aliphatic rings. The van der Waals surface area contributed by atoms with Crippen LogP contribution in [0, 0.1) is 0 Å². The molecular weight excluding hydrogens is 237 g/mol. The fraction of sp³-hybridized carbons (Fsp3) is 0.300. The van der Waals surface area contributed by atoms with Crippen LogP contribution in [0.3, 0.4) is 0 Å². The molecule has 15 heavy (non-hydrogen) atoms. The van der Waals surface area contributed by atoms with E-state index in [9.17, 15) is 4.79 Å². The molecule has 0 spiro atoms. The van der Waals surface area contributed by atoms with E-state index in [4.69, 9.17) is 27.9 Å². The van der Waals surface area contributed by atoms with E-state index in [1.807, 2.05) is 0 Å². The highest BCUT2D eigenvalue weighted by Crippen LogP contribution is 2.27. The fourth-order valence-corrected chi connectivity index (χ4v) is 1.42. The van der Waals surface area contributed by atoms with Crippen LogP contribution < -0.4 is 4.74 Å². The predicted octanol–water partition coefficient (Wildman–Crippen LogP) is 2.46. The maximum atomic E-state index is 11.3. The molecule has 1 rings (SSSR count). The number of esters is 1. The second kappa shape index (κ2) is 5.35. The van der Waals surface area contributed by atoms with E-state index >= 15 is 0 Å². The standard InChI is InChI=1S/C10H11Cl2NO2/c1-13(2)6-10(14)15-9-4-3-7(11)5-8(9)12/h3-5H,6H2,1-2H3. The van der Waals surface area contributed by atoms with Gasteiger partial charge >= 0.3 is 5.97 Å². The third-order valence-electron chi connectivity index (χ3n) is 1.56. The zero-order valence-electron chi connectivity index (χ0n) is 8.46. The number of carbonyl (C=O) groups excluding carboxylic acids is 1. The highest BCUT2D eigenvalue weighted by Gasteiger charge is 2.09. The molecule has 0 amide bonds. The molecule has 82 valence electrons. The third kappa shape index (κ3) is 4.08. The Kier molecular flexibility index (Phi) is 4.39. The second-order valence-electron chi connectivity index (χ2n) is 3.29. The minimum atomic E-state index is -0.357. The average Bonchev–Trinajstić information content (AvgIpc) is 2.08. The Morgan fingerprint density at radius 2 is 2.07 bits per heavy atom. The van der Waals surface area contributed by atoms with Crippen LogP contribution in [0.25, 0.3) is 0 Å². The topological polar surface area (TPSA) is 29.5 Å². The summed E-state index contributed by atoms with van der Waals surface area (Å²) < 4.78 is 5.04. The van der Waals surface area contributed by atoms with Crippen molar-refractivity contribution < 1.29 is 9.53 Å². The molecule has 1 aromatic rings. The molecule has 0 bridgehead atoms. The van der Waals surface area contributed by atoms with Crippen LogP contribution in [0.1, 0.15) is 0 Å². The first kappa shape index (κ1) is 12.3. The van der Waals surface area contributed by atoms with Crippen LogP contribution >= 0.6 is 23.2 Å². The van der Waals surface area contributed by atoms with Gasteiger partial charge in [-0.2, -0.15) is 0 Å². The number of ether oxygens (including phenoxy) is 1. The molecule has 0 N–H and O–H groups in total. The van der Waals surface area contributed by atoms with Crippen molar-refractivity contribution in [3.05, 3.63) is 28.2 Å². The highest BCUT2D eigenvalue weighted by atomic mass is 35.5. The van der Waals surface area contributed by atoms with Gasteiger partial charge in [0.2, 0.25) is 0 Å². The van der Waals surface area contributed by atoms with Crippen LogP contribution in [0.15, 0.2) is 18.2 Å². The van der Waals surface area contributed by atoms with Crippen LogP contribution in [0.5, 0.6) is 5.75 Å². The summed E-state index contributed by atoms with van der Waals surface area (Å²) in [5.74, 6) is -0.0304. The first-order chi connectivity index (χ1) is 6.99. The summed E-state index contributed by atoms with van der Waals surface area (Å²) in [6, 6.07) is 4.71. The Morgan fingerprint density at radius 3 is 2.60 bits per heavy atom. The number of hydrogen-bond acceptors (Lipinski definition) is 3. The summed E-state index contributed by atoms with van der Waals surface area (Å²) in [5.41, 5.74) is 0. The summed E-state index contributed by atoms with van der Waals surface area (Å²) in [4.78, 5) is 13.0. The summed E-state index contributed by atoms with van der Waals surface area (Å²) in [7, 11) is 3.56. The van der Waals surface area contributed by atoms with Gasteiger partial charge in [-0.15, -0.1) is 0 Å². The zero-order chi connectivity index (χ0) is 11.4. The van der Waals surface area contributed by atoms with Crippen LogP contribution in [0.4, 0.5) is 0 Å². The molecule has 3 nitrogen and oxygen atoms in total. The predicted molar refractivity (Wildman–Crippen MR) is 60.7 cm³/mol. The van der Waals surface area contributed by atoms with E-state index in [1.165, 1.54) is 6.07 Å². The maximum Gasteiger partial charge on any atom is 0.325 e. The lowest BCUT2D eigenvalue weighted by molar-refractivity contribution is -0.135. The van der Waals surface area contributed by atoms with Gasteiger partial charge in [0.25, 0.3) is 0 Å². The number of likely N-dealkylation sites (N-methyl/N-ethyl adjacent to an activating group) is 1. The molecule has 0 aliphatic heterocycles. The molecular formula is C10H11Cl2NO2. The summed E-state index contributed by atoms with van der Waals surface area (Å²) in [5, 5.41) is 0.835. The molecule has 5 heteroatoms. The van der Waals surface area contributed by atoms with Gasteiger partial charge in [0.1, 0.15) is 5.75 Å². The van der Waals surface area contributed by atoms with Crippen molar-refractivity contribution >= 4 is 29.2 Å². The van der Waals surface area contributed by atoms with Crippen molar-refractivity contribution in [1.29, 1.82) is 0 Å². The van der Waals surface area contributed by atoms with Gasteiger partial charge in [-0.1, -0.05) is 23.2 Å². The van der Waals surface area contributed by atoms with E-state index in [2.05, 4.69) is 0 Å². The number of hydrogen-bond donors (Lipinski definition) is 0. The largest absolute Gasteiger partial charge is 0.424 e. The van der Waals surface area contributed by atoms with Crippen molar-refractivity contribution in [1.82, 2.24) is 4.90 Å². The molecule has 0 heterocycles. The lowest BCUT2D eigenvalue weighted by Gasteiger charge is -2.10. The number of rotatable bonds is 3. The molecule has 0 saturated heterocycles. The Morgan fingerprint density at radius 1 is 1.40 bits per heavy atom. The van der Waals surface area contributed by atoms with Crippen molar-refractivity contribution in [2.24, 2.45) is 0 Å². The zero-order valence-corrected chi connectivity index (χ0v) is 9.97. The second-order valence-corrected chi connectivity index (χ2v) is 4.13. The lowest BCUT2D eigenvalue weighted by Crippen LogP contribution is -2.25. The lowest BCUT2D eigenvalue weighted by atomic mass is 10.3. The normalized spacial score (nSPS) is 10.5. The number of benzene rings is 1. The van der Waals surface area contributed by atoms with Crippen molar-refractivity contribution in [2.45, 2.75) is 0 Å². The average molecular weight is 248 g/mol. The first-order valence-corrected chi connectivity index (χ1v) is 5.05. The molecule has 0 unspecified atom stereocenters. The minimum absolute atomic E-state index is 0.207. The van der Waals surface area contributed by atoms with Crippen molar-refractivity contribution in [3.8, 4) is 5.75 Å². The van der Waals surface area contributed by atoms with Crippen molar-refractivity contribution in [2.75, 3.05) is 20.6 Å². The van der Waals surface area contributed by atoms with Crippen LogP contribution in [-0.2, 0) is 4.79 Å². The fourth-order valence-electron chi connectivity index (χ4n) is 0.971. The molecule has 0 aliphatic carbocycles. The molecule has 1 aromatic carbocycles. The molecule has 0 fully saturated rings. The maximum absolute atomic E-state index is 11.3. The third-order valence-corrected chi connectivity index (χ3v) is 2.09. The van der Waals surface area contributed by atoms with Gasteiger partial charge in [0.15, 0.2) is 0 Å². The monoisotopic (exact) mass is 247 g/mol. The number of carbonyl (C=O) groups is 1. The van der Waals surface area contributed by atoms with Gasteiger partial charge in [-0.05, 0) is 32.3 Å².